The number of nitrogens with one attached hydrogen (secondary N) is 1. The molecule has 1 aliphatic rings. The summed E-state index contributed by atoms with van der Waals surface area (Å²) in [5, 5.41) is 2.53. The topological polar surface area (TPSA) is 64.6 Å². The van der Waals surface area contributed by atoms with Crippen LogP contribution in [0.4, 0.5) is 10.5 Å². The average molecular weight is 221 g/mol. The molecule has 0 spiro atoms. The van der Waals surface area contributed by atoms with E-state index in [1.165, 1.54) is 14.0 Å². The van der Waals surface area contributed by atoms with Crippen LogP contribution in [-0.2, 0) is 19.9 Å². The van der Waals surface area contributed by atoms with Crippen molar-refractivity contribution in [3.8, 4) is 0 Å². The van der Waals surface area contributed by atoms with Gasteiger partial charge >= 0.3 is 12.1 Å². The van der Waals surface area contributed by atoms with Crippen molar-refractivity contribution in [3.05, 3.63) is 29.8 Å². The first-order chi connectivity index (χ1) is 7.58. The van der Waals surface area contributed by atoms with Crippen molar-refractivity contribution in [1.29, 1.82) is 0 Å². The van der Waals surface area contributed by atoms with Crippen molar-refractivity contribution >= 4 is 17.7 Å². The standard InChI is InChI=1S/C11H11NO4/c1-11(9(13)15-2)7-5-3-4-6-8(7)12-10(14)16-11/h3-6H,1-2H3,(H,12,14). The summed E-state index contributed by atoms with van der Waals surface area (Å²) in [6, 6.07) is 6.95. The Morgan fingerprint density at radius 3 is 2.81 bits per heavy atom. The van der Waals surface area contributed by atoms with Crippen LogP contribution < -0.4 is 5.32 Å². The van der Waals surface area contributed by atoms with Crippen LogP contribution in [0.1, 0.15) is 12.5 Å². The third kappa shape index (κ3) is 1.41. The van der Waals surface area contributed by atoms with Crippen molar-refractivity contribution in [1.82, 2.24) is 0 Å². The molecule has 1 unspecified atom stereocenters. The highest BCUT2D eigenvalue weighted by atomic mass is 16.6. The highest BCUT2D eigenvalue weighted by Crippen LogP contribution is 2.36. The van der Waals surface area contributed by atoms with Gasteiger partial charge in [0, 0.05) is 5.56 Å². The zero-order valence-electron chi connectivity index (χ0n) is 8.94. The van der Waals surface area contributed by atoms with Crippen molar-refractivity contribution in [2.24, 2.45) is 0 Å². The quantitative estimate of drug-likeness (QED) is 0.732. The van der Waals surface area contributed by atoms with E-state index in [1.807, 2.05) is 0 Å². The van der Waals surface area contributed by atoms with E-state index in [1.54, 1.807) is 24.3 Å². The van der Waals surface area contributed by atoms with Gasteiger partial charge in [-0.25, -0.2) is 9.59 Å². The summed E-state index contributed by atoms with van der Waals surface area (Å²) in [4.78, 5) is 23.0. The Balaban J connectivity index is 2.56. The minimum absolute atomic E-state index is 0.562. The highest BCUT2D eigenvalue weighted by molar-refractivity contribution is 5.95. The van der Waals surface area contributed by atoms with E-state index >= 15 is 0 Å². The van der Waals surface area contributed by atoms with E-state index in [9.17, 15) is 9.59 Å². The smallest absolute Gasteiger partial charge is 0.413 e. The molecule has 0 radical (unpaired) electrons. The maximum absolute atomic E-state index is 11.7. The second-order valence-corrected chi connectivity index (χ2v) is 3.58. The number of rotatable bonds is 1. The number of carbonyl (C=O) groups is 2. The molecule has 5 heteroatoms. The number of amides is 1. The number of ether oxygens (including phenoxy) is 2. The van der Waals surface area contributed by atoms with Gasteiger partial charge in [0.05, 0.1) is 12.8 Å². The van der Waals surface area contributed by atoms with Crippen LogP contribution in [0.5, 0.6) is 0 Å². The third-order valence-corrected chi connectivity index (χ3v) is 2.55. The largest absolute Gasteiger partial charge is 0.466 e. The summed E-state index contributed by atoms with van der Waals surface area (Å²) in [5.74, 6) is -0.602. The van der Waals surface area contributed by atoms with E-state index in [4.69, 9.17) is 4.74 Å². The van der Waals surface area contributed by atoms with E-state index in [0.717, 1.165) is 0 Å². The predicted octanol–water partition coefficient (Wildman–Crippen LogP) is 1.64. The molecule has 16 heavy (non-hydrogen) atoms. The van der Waals surface area contributed by atoms with Crippen molar-refractivity contribution in [3.63, 3.8) is 0 Å². The normalized spacial score (nSPS) is 22.8. The number of para-hydroxylation sites is 1. The number of fused-ring (bicyclic) bond motifs is 1. The fourth-order valence-corrected chi connectivity index (χ4v) is 1.73. The number of anilines is 1. The first kappa shape index (κ1) is 10.5. The SMILES string of the molecule is COC(=O)C1(C)OC(=O)Nc2ccccc21. The lowest BCUT2D eigenvalue weighted by Gasteiger charge is -2.32. The predicted molar refractivity (Wildman–Crippen MR) is 55.9 cm³/mol. The van der Waals surface area contributed by atoms with Crippen LogP contribution in [-0.4, -0.2) is 19.2 Å². The van der Waals surface area contributed by atoms with Gasteiger partial charge in [-0.2, -0.15) is 0 Å². The zero-order chi connectivity index (χ0) is 11.8. The van der Waals surface area contributed by atoms with Gasteiger partial charge in [-0.1, -0.05) is 18.2 Å². The summed E-state index contributed by atoms with van der Waals surface area (Å²) < 4.78 is 9.68. The van der Waals surface area contributed by atoms with Crippen molar-refractivity contribution < 1.29 is 19.1 Å². The summed E-state index contributed by atoms with van der Waals surface area (Å²) in [7, 11) is 1.26. The van der Waals surface area contributed by atoms with Gasteiger partial charge in [0.15, 0.2) is 0 Å². The summed E-state index contributed by atoms with van der Waals surface area (Å²) >= 11 is 0. The second kappa shape index (κ2) is 3.52. The van der Waals surface area contributed by atoms with Crippen LogP contribution >= 0.6 is 0 Å². The lowest BCUT2D eigenvalue weighted by Crippen LogP contribution is -2.43. The van der Waals surface area contributed by atoms with Crippen LogP contribution in [0, 0.1) is 0 Å². The minimum Gasteiger partial charge on any atom is -0.466 e. The van der Waals surface area contributed by atoms with Gasteiger partial charge < -0.3 is 9.47 Å². The van der Waals surface area contributed by atoms with E-state index in [2.05, 4.69) is 10.1 Å². The molecule has 0 fully saturated rings. The second-order valence-electron chi connectivity index (χ2n) is 3.58. The Bertz CT molecular complexity index is 457. The van der Waals surface area contributed by atoms with Gasteiger partial charge in [0.1, 0.15) is 0 Å². The van der Waals surface area contributed by atoms with E-state index in [0.29, 0.717) is 11.3 Å². The first-order valence-corrected chi connectivity index (χ1v) is 4.76. The number of carbonyl (C=O) groups excluding carboxylic acids is 2. The molecule has 2 rings (SSSR count). The molecule has 1 atom stereocenters. The third-order valence-electron chi connectivity index (χ3n) is 2.55. The summed E-state index contributed by atoms with van der Waals surface area (Å²) in [6.45, 7) is 1.51. The molecule has 1 aliphatic heterocycles. The number of cyclic esters (lactones) is 1. The van der Waals surface area contributed by atoms with Crippen LogP contribution in [0.2, 0.25) is 0 Å². The number of esters is 1. The number of hydrogen-bond acceptors (Lipinski definition) is 4. The molecule has 0 aliphatic carbocycles. The minimum atomic E-state index is -1.38. The van der Waals surface area contributed by atoms with Gasteiger partial charge in [0.25, 0.3) is 0 Å². The molecule has 0 saturated carbocycles. The molecule has 1 amide bonds. The molecule has 1 aromatic carbocycles. The maximum atomic E-state index is 11.7. The molecule has 0 bridgehead atoms. The first-order valence-electron chi connectivity index (χ1n) is 4.76. The Morgan fingerprint density at radius 2 is 2.12 bits per heavy atom. The molecular formula is C11H11NO4. The van der Waals surface area contributed by atoms with Gasteiger partial charge in [-0.05, 0) is 13.0 Å². The Morgan fingerprint density at radius 1 is 1.44 bits per heavy atom. The van der Waals surface area contributed by atoms with Gasteiger partial charge in [0.2, 0.25) is 5.60 Å². The fraction of sp³-hybridized carbons (Fsp3) is 0.273. The molecule has 0 aromatic heterocycles. The van der Waals surface area contributed by atoms with E-state index < -0.39 is 17.7 Å². The van der Waals surface area contributed by atoms with Crippen LogP contribution in [0.25, 0.3) is 0 Å². The Labute approximate surface area is 92.4 Å². The molecule has 5 nitrogen and oxygen atoms in total. The summed E-state index contributed by atoms with van der Waals surface area (Å²) in [5.41, 5.74) is -0.235. The lowest BCUT2D eigenvalue weighted by atomic mass is 9.93. The number of hydrogen-bond donors (Lipinski definition) is 1. The monoisotopic (exact) mass is 221 g/mol. The Hall–Kier alpha value is -2.04. The van der Waals surface area contributed by atoms with Crippen LogP contribution in [0.15, 0.2) is 24.3 Å². The van der Waals surface area contributed by atoms with E-state index in [-0.39, 0.29) is 0 Å². The summed E-state index contributed by atoms with van der Waals surface area (Å²) in [6.07, 6.45) is -0.661. The molecule has 0 saturated heterocycles. The van der Waals surface area contributed by atoms with Gasteiger partial charge in [-0.3, -0.25) is 5.32 Å². The highest BCUT2D eigenvalue weighted by Gasteiger charge is 2.45. The van der Waals surface area contributed by atoms with Gasteiger partial charge in [-0.15, -0.1) is 0 Å². The zero-order valence-corrected chi connectivity index (χ0v) is 8.94. The van der Waals surface area contributed by atoms with Crippen LogP contribution in [0.3, 0.4) is 0 Å². The Kier molecular flexibility index (Phi) is 2.30. The molecular weight excluding hydrogens is 210 g/mol. The maximum Gasteiger partial charge on any atom is 0.413 e. The van der Waals surface area contributed by atoms with Crippen molar-refractivity contribution in [2.75, 3.05) is 12.4 Å². The lowest BCUT2D eigenvalue weighted by molar-refractivity contribution is -0.161. The molecule has 1 heterocycles. The number of methoxy groups -OCH3 is 1. The fourth-order valence-electron chi connectivity index (χ4n) is 1.73. The average Bonchev–Trinajstić information content (AvgIpc) is 2.27. The molecule has 1 aromatic rings. The number of benzene rings is 1. The molecule has 1 N–H and O–H groups in total. The molecule has 84 valence electrons. The van der Waals surface area contributed by atoms with Crippen molar-refractivity contribution in [2.45, 2.75) is 12.5 Å².